The highest BCUT2D eigenvalue weighted by atomic mass is 14.8. The lowest BCUT2D eigenvalue weighted by Gasteiger charge is -2.11. The Morgan fingerprint density at radius 1 is 0.778 bits per heavy atom. The van der Waals surface area contributed by atoms with Crippen molar-refractivity contribution in [2.24, 2.45) is 0 Å². The molecule has 0 aliphatic heterocycles. The molecule has 0 aromatic heterocycles. The second-order valence-electron chi connectivity index (χ2n) is 4.96. The van der Waals surface area contributed by atoms with E-state index in [0.717, 1.165) is 13.1 Å². The van der Waals surface area contributed by atoms with Gasteiger partial charge in [0.15, 0.2) is 0 Å². The molecule has 0 radical (unpaired) electrons. The van der Waals surface area contributed by atoms with Crippen molar-refractivity contribution in [2.45, 2.75) is 33.9 Å². The van der Waals surface area contributed by atoms with Gasteiger partial charge >= 0.3 is 0 Å². The molecule has 0 aliphatic rings. The molecule has 0 fully saturated rings. The maximum atomic E-state index is 3.52. The summed E-state index contributed by atoms with van der Waals surface area (Å²) in [5.74, 6) is 0. The van der Waals surface area contributed by atoms with E-state index < -0.39 is 0 Å². The first-order valence-electron chi connectivity index (χ1n) is 6.48. The first kappa shape index (κ1) is 12.8. The van der Waals surface area contributed by atoms with Crippen LogP contribution in [0, 0.1) is 20.8 Å². The van der Waals surface area contributed by atoms with Crippen LogP contribution in [0.1, 0.15) is 27.8 Å². The van der Waals surface area contributed by atoms with Crippen molar-refractivity contribution in [2.75, 3.05) is 0 Å². The van der Waals surface area contributed by atoms with Gasteiger partial charge in [0, 0.05) is 13.1 Å². The highest BCUT2D eigenvalue weighted by molar-refractivity contribution is 5.33. The first-order chi connectivity index (χ1) is 8.66. The molecular formula is C17H21N. The van der Waals surface area contributed by atoms with Crippen molar-refractivity contribution in [3.63, 3.8) is 0 Å². The second kappa shape index (κ2) is 5.83. The van der Waals surface area contributed by atoms with Crippen LogP contribution in [0.25, 0.3) is 0 Å². The van der Waals surface area contributed by atoms with Gasteiger partial charge in [0.05, 0.1) is 0 Å². The maximum Gasteiger partial charge on any atom is 0.0213 e. The van der Waals surface area contributed by atoms with Gasteiger partial charge in [-0.05, 0) is 43.0 Å². The zero-order valence-electron chi connectivity index (χ0n) is 11.5. The van der Waals surface area contributed by atoms with Crippen molar-refractivity contribution >= 4 is 0 Å². The van der Waals surface area contributed by atoms with Gasteiger partial charge in [-0.25, -0.2) is 0 Å². The monoisotopic (exact) mass is 239 g/mol. The van der Waals surface area contributed by atoms with Crippen LogP contribution in [-0.2, 0) is 13.1 Å². The molecule has 94 valence electrons. The minimum absolute atomic E-state index is 0.925. The van der Waals surface area contributed by atoms with E-state index in [1.54, 1.807) is 0 Å². The minimum Gasteiger partial charge on any atom is -0.309 e. The molecule has 1 heteroatoms. The van der Waals surface area contributed by atoms with Gasteiger partial charge < -0.3 is 5.32 Å². The van der Waals surface area contributed by atoms with Crippen molar-refractivity contribution in [1.82, 2.24) is 5.32 Å². The summed E-state index contributed by atoms with van der Waals surface area (Å²) in [6.45, 7) is 8.33. The molecule has 0 amide bonds. The van der Waals surface area contributed by atoms with E-state index in [4.69, 9.17) is 0 Å². The van der Waals surface area contributed by atoms with Crippen molar-refractivity contribution < 1.29 is 0 Å². The summed E-state index contributed by atoms with van der Waals surface area (Å²) in [5.41, 5.74) is 6.81. The Hall–Kier alpha value is -1.60. The summed E-state index contributed by atoms with van der Waals surface area (Å²) in [4.78, 5) is 0. The maximum absolute atomic E-state index is 3.52. The summed E-state index contributed by atoms with van der Waals surface area (Å²) in [7, 11) is 0. The largest absolute Gasteiger partial charge is 0.309 e. The third kappa shape index (κ3) is 3.21. The van der Waals surface area contributed by atoms with E-state index in [9.17, 15) is 0 Å². The third-order valence-electron chi connectivity index (χ3n) is 3.40. The van der Waals surface area contributed by atoms with E-state index in [1.165, 1.54) is 27.8 Å². The van der Waals surface area contributed by atoms with Gasteiger partial charge in [0.25, 0.3) is 0 Å². The van der Waals surface area contributed by atoms with Crippen LogP contribution in [0.3, 0.4) is 0 Å². The average molecular weight is 239 g/mol. The number of aryl methyl sites for hydroxylation is 3. The molecule has 0 bridgehead atoms. The molecule has 2 rings (SSSR count). The number of nitrogens with one attached hydrogen (secondary N) is 1. The Morgan fingerprint density at radius 3 is 2.00 bits per heavy atom. The topological polar surface area (TPSA) is 12.0 Å². The highest BCUT2D eigenvalue weighted by Gasteiger charge is 2.01. The highest BCUT2D eigenvalue weighted by Crippen LogP contribution is 2.13. The quantitative estimate of drug-likeness (QED) is 0.853. The summed E-state index contributed by atoms with van der Waals surface area (Å²) in [6.07, 6.45) is 0. The number of benzene rings is 2. The fraction of sp³-hybridized carbons (Fsp3) is 0.294. The zero-order chi connectivity index (χ0) is 13.0. The van der Waals surface area contributed by atoms with Crippen LogP contribution in [0.4, 0.5) is 0 Å². The molecule has 0 aliphatic carbocycles. The van der Waals surface area contributed by atoms with Gasteiger partial charge in [-0.2, -0.15) is 0 Å². The van der Waals surface area contributed by atoms with Crippen LogP contribution in [0.2, 0.25) is 0 Å². The molecular weight excluding hydrogens is 218 g/mol. The van der Waals surface area contributed by atoms with E-state index in [1.807, 2.05) is 0 Å². The average Bonchev–Trinajstić information content (AvgIpc) is 2.35. The molecule has 1 nitrogen and oxygen atoms in total. The van der Waals surface area contributed by atoms with E-state index in [-0.39, 0.29) is 0 Å². The third-order valence-corrected chi connectivity index (χ3v) is 3.40. The molecule has 2 aromatic carbocycles. The van der Waals surface area contributed by atoms with Gasteiger partial charge in [-0.3, -0.25) is 0 Å². The SMILES string of the molecule is Cc1ccc(CNCc2c(C)cccc2C)cc1. The smallest absolute Gasteiger partial charge is 0.0213 e. The van der Waals surface area contributed by atoms with Crippen LogP contribution in [0.5, 0.6) is 0 Å². The summed E-state index contributed by atoms with van der Waals surface area (Å²) < 4.78 is 0. The van der Waals surface area contributed by atoms with Gasteiger partial charge in [0.2, 0.25) is 0 Å². The van der Waals surface area contributed by atoms with Gasteiger partial charge in [-0.15, -0.1) is 0 Å². The van der Waals surface area contributed by atoms with Crippen LogP contribution >= 0.6 is 0 Å². The standard InChI is InChI=1S/C17H21N/c1-13-7-9-16(10-8-13)11-18-12-17-14(2)5-4-6-15(17)3/h4-10,18H,11-12H2,1-3H3. The number of hydrogen-bond donors (Lipinski definition) is 1. The van der Waals surface area contributed by atoms with E-state index in [0.29, 0.717) is 0 Å². The van der Waals surface area contributed by atoms with Crippen LogP contribution in [-0.4, -0.2) is 0 Å². The normalized spacial score (nSPS) is 10.6. The molecule has 0 saturated heterocycles. The molecule has 2 aromatic rings. The Morgan fingerprint density at radius 2 is 1.39 bits per heavy atom. The fourth-order valence-corrected chi connectivity index (χ4v) is 2.17. The Balaban J connectivity index is 1.94. The predicted molar refractivity (Wildman–Crippen MR) is 77.6 cm³/mol. The van der Waals surface area contributed by atoms with Gasteiger partial charge in [0.1, 0.15) is 0 Å². The van der Waals surface area contributed by atoms with E-state index in [2.05, 4.69) is 68.6 Å². The number of hydrogen-bond acceptors (Lipinski definition) is 1. The lowest BCUT2D eigenvalue weighted by atomic mass is 10.0. The molecule has 0 unspecified atom stereocenters. The molecule has 0 heterocycles. The second-order valence-corrected chi connectivity index (χ2v) is 4.96. The fourth-order valence-electron chi connectivity index (χ4n) is 2.17. The summed E-state index contributed by atoms with van der Waals surface area (Å²) in [5, 5.41) is 3.52. The molecule has 0 atom stereocenters. The lowest BCUT2D eigenvalue weighted by Crippen LogP contribution is -2.14. The van der Waals surface area contributed by atoms with Crippen molar-refractivity contribution in [3.8, 4) is 0 Å². The lowest BCUT2D eigenvalue weighted by molar-refractivity contribution is 0.687. The van der Waals surface area contributed by atoms with E-state index >= 15 is 0 Å². The van der Waals surface area contributed by atoms with Crippen LogP contribution in [0.15, 0.2) is 42.5 Å². The minimum atomic E-state index is 0.925. The van der Waals surface area contributed by atoms with Crippen molar-refractivity contribution in [3.05, 3.63) is 70.3 Å². The van der Waals surface area contributed by atoms with Crippen LogP contribution < -0.4 is 5.32 Å². The molecule has 1 N–H and O–H groups in total. The Bertz CT molecular complexity index is 491. The molecule has 0 spiro atoms. The van der Waals surface area contributed by atoms with Gasteiger partial charge in [-0.1, -0.05) is 48.0 Å². The Kier molecular flexibility index (Phi) is 4.16. The Labute approximate surface area is 110 Å². The molecule has 18 heavy (non-hydrogen) atoms. The predicted octanol–water partition coefficient (Wildman–Crippen LogP) is 3.90. The first-order valence-corrected chi connectivity index (χ1v) is 6.48. The zero-order valence-corrected chi connectivity index (χ0v) is 11.5. The van der Waals surface area contributed by atoms with Crippen molar-refractivity contribution in [1.29, 1.82) is 0 Å². The summed E-state index contributed by atoms with van der Waals surface area (Å²) in [6, 6.07) is 15.2. The number of rotatable bonds is 4. The molecule has 0 saturated carbocycles. The summed E-state index contributed by atoms with van der Waals surface area (Å²) >= 11 is 0.